The van der Waals surface area contributed by atoms with E-state index in [1.54, 1.807) is 30.5 Å². The number of guanidine groups is 1. The molecule has 1 aromatic heterocycles. The molecule has 0 aliphatic heterocycles. The number of thiazole rings is 1. The molecule has 0 aliphatic rings. The summed E-state index contributed by atoms with van der Waals surface area (Å²) in [6, 6.07) is 6.35. The van der Waals surface area contributed by atoms with Crippen molar-refractivity contribution in [2.75, 3.05) is 25.5 Å². The molecule has 0 fully saturated rings. The summed E-state index contributed by atoms with van der Waals surface area (Å²) in [5.41, 5.74) is 2.03. The predicted octanol–water partition coefficient (Wildman–Crippen LogP) is 2.95. The van der Waals surface area contributed by atoms with Crippen molar-refractivity contribution in [3.8, 4) is 0 Å². The third-order valence-corrected chi connectivity index (χ3v) is 4.48. The lowest BCUT2D eigenvalue weighted by Crippen LogP contribution is -2.39. The second kappa shape index (κ2) is 9.71. The zero-order chi connectivity index (χ0) is 18.9. The van der Waals surface area contributed by atoms with Crippen LogP contribution in [0.4, 0.5) is 11.4 Å². The molecule has 0 saturated carbocycles. The van der Waals surface area contributed by atoms with Gasteiger partial charge in [-0.3, -0.25) is 15.1 Å². The summed E-state index contributed by atoms with van der Waals surface area (Å²) in [5.74, 6) is 1.14. The molecule has 26 heavy (non-hydrogen) atoms. The lowest BCUT2D eigenvalue weighted by molar-refractivity contribution is -0.384. The second-order valence-corrected chi connectivity index (χ2v) is 6.85. The van der Waals surface area contributed by atoms with Crippen LogP contribution in [0.3, 0.4) is 0 Å². The zero-order valence-electron chi connectivity index (χ0n) is 15.2. The van der Waals surface area contributed by atoms with Gasteiger partial charge in [-0.2, -0.15) is 0 Å². The summed E-state index contributed by atoms with van der Waals surface area (Å²) < 4.78 is 0. The molecule has 2 rings (SSSR count). The number of hydrogen-bond acceptors (Lipinski definition) is 6. The summed E-state index contributed by atoms with van der Waals surface area (Å²) in [6.07, 6.45) is 0. The van der Waals surface area contributed by atoms with Gasteiger partial charge in [-0.1, -0.05) is 13.8 Å². The van der Waals surface area contributed by atoms with E-state index in [0.717, 1.165) is 16.4 Å². The Balaban J connectivity index is 1.70. The molecule has 0 radical (unpaired) electrons. The van der Waals surface area contributed by atoms with Crippen LogP contribution < -0.4 is 16.0 Å². The van der Waals surface area contributed by atoms with Crippen LogP contribution in [-0.2, 0) is 6.54 Å². The van der Waals surface area contributed by atoms with Crippen molar-refractivity contribution in [3.05, 3.63) is 50.5 Å². The van der Waals surface area contributed by atoms with Gasteiger partial charge < -0.3 is 16.0 Å². The number of hydrogen-bond donors (Lipinski definition) is 3. The quantitative estimate of drug-likeness (QED) is 0.215. The topological polar surface area (TPSA) is 104 Å². The second-order valence-electron chi connectivity index (χ2n) is 5.90. The molecule has 0 atom stereocenters. The summed E-state index contributed by atoms with van der Waals surface area (Å²) >= 11 is 1.64. The van der Waals surface area contributed by atoms with Gasteiger partial charge >= 0.3 is 0 Å². The minimum absolute atomic E-state index is 0.0843. The van der Waals surface area contributed by atoms with Crippen molar-refractivity contribution in [2.45, 2.75) is 26.3 Å². The van der Waals surface area contributed by atoms with Crippen LogP contribution in [0.1, 0.15) is 30.5 Å². The molecule has 2 aromatic rings. The standard InChI is InChI=1S/C17H24N6O2S/c1-12(2)15-11-26-16(22-15)10-21-17(18-3)20-9-8-19-13-4-6-14(7-5-13)23(24)25/h4-7,11-12,19H,8-10H2,1-3H3,(H2,18,20,21). The van der Waals surface area contributed by atoms with Gasteiger partial charge in [-0.25, -0.2) is 4.98 Å². The lowest BCUT2D eigenvalue weighted by atomic mass is 10.2. The van der Waals surface area contributed by atoms with Gasteiger partial charge in [0.2, 0.25) is 0 Å². The fraction of sp³-hybridized carbons (Fsp3) is 0.412. The fourth-order valence-corrected chi connectivity index (χ4v) is 3.04. The minimum Gasteiger partial charge on any atom is -0.383 e. The smallest absolute Gasteiger partial charge is 0.269 e. The van der Waals surface area contributed by atoms with E-state index in [2.05, 4.69) is 45.2 Å². The summed E-state index contributed by atoms with van der Waals surface area (Å²) in [6.45, 7) is 6.21. The molecule has 1 aromatic carbocycles. The molecule has 0 saturated heterocycles. The van der Waals surface area contributed by atoms with E-state index < -0.39 is 4.92 Å². The fourth-order valence-electron chi connectivity index (χ4n) is 2.14. The van der Waals surface area contributed by atoms with E-state index in [9.17, 15) is 10.1 Å². The van der Waals surface area contributed by atoms with E-state index in [4.69, 9.17) is 0 Å². The van der Waals surface area contributed by atoms with Crippen LogP contribution in [0.5, 0.6) is 0 Å². The van der Waals surface area contributed by atoms with E-state index in [-0.39, 0.29) is 5.69 Å². The Hall–Kier alpha value is -2.68. The summed E-state index contributed by atoms with van der Waals surface area (Å²) in [5, 5.41) is 23.4. The molecule has 8 nitrogen and oxygen atoms in total. The molecule has 1 heterocycles. The number of nitrogens with zero attached hydrogens (tertiary/aromatic N) is 3. The van der Waals surface area contributed by atoms with Gasteiger partial charge in [0.05, 0.1) is 17.2 Å². The van der Waals surface area contributed by atoms with Crippen molar-refractivity contribution in [3.63, 3.8) is 0 Å². The number of nitro groups is 1. The van der Waals surface area contributed by atoms with E-state index in [1.165, 1.54) is 12.1 Å². The third kappa shape index (κ3) is 5.99. The van der Waals surface area contributed by atoms with Crippen molar-refractivity contribution in [1.29, 1.82) is 0 Å². The molecule has 0 bridgehead atoms. The Bertz CT molecular complexity index is 742. The van der Waals surface area contributed by atoms with Gasteiger partial charge in [0.1, 0.15) is 5.01 Å². The largest absolute Gasteiger partial charge is 0.383 e. The van der Waals surface area contributed by atoms with Gasteiger partial charge in [0.15, 0.2) is 5.96 Å². The van der Waals surface area contributed by atoms with Crippen LogP contribution in [0.15, 0.2) is 34.6 Å². The first-order valence-electron chi connectivity index (χ1n) is 8.36. The van der Waals surface area contributed by atoms with Gasteiger partial charge in [-0.15, -0.1) is 11.3 Å². The zero-order valence-corrected chi connectivity index (χ0v) is 16.0. The number of nitro benzene ring substituents is 1. The van der Waals surface area contributed by atoms with Crippen molar-refractivity contribution < 1.29 is 4.92 Å². The first kappa shape index (κ1) is 19.6. The first-order valence-corrected chi connectivity index (χ1v) is 9.24. The number of aromatic nitrogens is 1. The maximum atomic E-state index is 10.6. The molecule has 0 spiro atoms. The Labute approximate surface area is 156 Å². The van der Waals surface area contributed by atoms with Gasteiger partial charge in [0.25, 0.3) is 5.69 Å². The summed E-state index contributed by atoms with van der Waals surface area (Å²) in [7, 11) is 1.72. The molecule has 0 amide bonds. The number of non-ortho nitro benzene ring substituents is 1. The van der Waals surface area contributed by atoms with E-state index in [1.807, 2.05) is 0 Å². The molecule has 140 valence electrons. The molecule has 0 unspecified atom stereocenters. The van der Waals surface area contributed by atoms with E-state index in [0.29, 0.717) is 31.5 Å². The van der Waals surface area contributed by atoms with Crippen LogP contribution in [0.2, 0.25) is 0 Å². The Morgan fingerprint density at radius 2 is 2.00 bits per heavy atom. The molecular formula is C17H24N6O2S. The maximum Gasteiger partial charge on any atom is 0.269 e. The Morgan fingerprint density at radius 3 is 2.58 bits per heavy atom. The SMILES string of the molecule is CN=C(NCCNc1ccc([N+](=O)[O-])cc1)NCc1nc(C(C)C)cs1. The first-order chi connectivity index (χ1) is 12.5. The maximum absolute atomic E-state index is 10.6. The highest BCUT2D eigenvalue weighted by Gasteiger charge is 2.06. The summed E-state index contributed by atoms with van der Waals surface area (Å²) in [4.78, 5) is 19.0. The van der Waals surface area contributed by atoms with Crippen LogP contribution in [-0.4, -0.2) is 36.0 Å². The Morgan fingerprint density at radius 1 is 1.27 bits per heavy atom. The molecule has 3 N–H and O–H groups in total. The number of rotatable bonds is 8. The normalized spacial score (nSPS) is 11.5. The van der Waals surface area contributed by atoms with Crippen LogP contribution in [0.25, 0.3) is 0 Å². The Kier molecular flexibility index (Phi) is 7.34. The van der Waals surface area contributed by atoms with Crippen molar-refractivity contribution in [1.82, 2.24) is 15.6 Å². The highest BCUT2D eigenvalue weighted by atomic mass is 32.1. The van der Waals surface area contributed by atoms with Crippen LogP contribution in [0, 0.1) is 10.1 Å². The molecule has 0 aliphatic carbocycles. The highest BCUT2D eigenvalue weighted by molar-refractivity contribution is 7.09. The average Bonchev–Trinajstić information content (AvgIpc) is 3.11. The van der Waals surface area contributed by atoms with Gasteiger partial charge in [0, 0.05) is 43.3 Å². The van der Waals surface area contributed by atoms with Gasteiger partial charge in [-0.05, 0) is 18.1 Å². The molecule has 9 heteroatoms. The predicted molar refractivity (Wildman–Crippen MR) is 106 cm³/mol. The number of benzene rings is 1. The highest BCUT2D eigenvalue weighted by Crippen LogP contribution is 2.17. The average molecular weight is 376 g/mol. The number of anilines is 1. The lowest BCUT2D eigenvalue weighted by Gasteiger charge is -2.12. The number of nitrogens with one attached hydrogen (secondary N) is 3. The van der Waals surface area contributed by atoms with Crippen molar-refractivity contribution >= 4 is 28.7 Å². The monoisotopic (exact) mass is 376 g/mol. The number of aliphatic imine (C=N–C) groups is 1. The minimum atomic E-state index is -0.409. The third-order valence-electron chi connectivity index (χ3n) is 3.62. The van der Waals surface area contributed by atoms with Crippen LogP contribution >= 0.6 is 11.3 Å². The van der Waals surface area contributed by atoms with E-state index >= 15 is 0 Å². The molecular weight excluding hydrogens is 352 g/mol. The van der Waals surface area contributed by atoms with Crippen molar-refractivity contribution in [2.24, 2.45) is 4.99 Å².